The Bertz CT molecular complexity index is 365. The van der Waals surface area contributed by atoms with Crippen LogP contribution >= 0.6 is 15.9 Å². The third-order valence-corrected chi connectivity index (χ3v) is 2.64. The van der Waals surface area contributed by atoms with E-state index in [9.17, 15) is 0 Å². The van der Waals surface area contributed by atoms with Crippen LogP contribution in [0.3, 0.4) is 0 Å². The van der Waals surface area contributed by atoms with Crippen molar-refractivity contribution in [1.82, 2.24) is 5.32 Å². The predicted molar refractivity (Wildman–Crippen MR) is 70.6 cm³/mol. The third kappa shape index (κ3) is 4.69. The quantitative estimate of drug-likeness (QED) is 0.662. The molecule has 0 heterocycles. The maximum atomic E-state index is 5.55. The third-order valence-electron chi connectivity index (χ3n) is 2.11. The molecule has 0 atom stereocenters. The molecule has 0 aliphatic heterocycles. The summed E-state index contributed by atoms with van der Waals surface area (Å²) in [6.45, 7) is 5.26. The Morgan fingerprint density at radius 3 is 2.56 bits per heavy atom. The van der Waals surface area contributed by atoms with Crippen molar-refractivity contribution in [3.63, 3.8) is 0 Å². The maximum absolute atomic E-state index is 5.55. The molecule has 0 unspecified atom stereocenters. The second-order valence-electron chi connectivity index (χ2n) is 4.00. The SMILES string of the molecule is C#CC(C)(C)NCCOc1ccc(Br)cc1. The fraction of sp³-hybridized carbons (Fsp3) is 0.385. The first-order chi connectivity index (χ1) is 7.53. The lowest BCUT2D eigenvalue weighted by molar-refractivity contribution is 0.300. The van der Waals surface area contributed by atoms with Crippen LogP contribution < -0.4 is 10.1 Å². The molecule has 0 aromatic heterocycles. The highest BCUT2D eigenvalue weighted by Gasteiger charge is 2.11. The van der Waals surface area contributed by atoms with Crippen LogP contribution in [0.1, 0.15) is 13.8 Å². The Morgan fingerprint density at radius 2 is 2.00 bits per heavy atom. The zero-order valence-corrected chi connectivity index (χ0v) is 11.2. The molecule has 0 radical (unpaired) electrons. The van der Waals surface area contributed by atoms with Gasteiger partial charge >= 0.3 is 0 Å². The zero-order valence-electron chi connectivity index (χ0n) is 9.59. The molecule has 0 bridgehead atoms. The molecule has 3 heteroatoms. The molecule has 16 heavy (non-hydrogen) atoms. The van der Waals surface area contributed by atoms with E-state index in [0.717, 1.165) is 16.8 Å². The van der Waals surface area contributed by atoms with E-state index in [0.29, 0.717) is 6.61 Å². The lowest BCUT2D eigenvalue weighted by Crippen LogP contribution is -2.40. The molecule has 1 aromatic carbocycles. The van der Waals surface area contributed by atoms with Crippen LogP contribution in [0.25, 0.3) is 0 Å². The number of hydrogen-bond donors (Lipinski definition) is 1. The Kier molecular flexibility index (Phi) is 4.85. The summed E-state index contributed by atoms with van der Waals surface area (Å²) in [6, 6.07) is 7.76. The van der Waals surface area contributed by atoms with Crippen molar-refractivity contribution in [1.29, 1.82) is 0 Å². The van der Waals surface area contributed by atoms with Crippen molar-refractivity contribution in [2.24, 2.45) is 0 Å². The van der Waals surface area contributed by atoms with Gasteiger partial charge in [0.25, 0.3) is 0 Å². The van der Waals surface area contributed by atoms with Gasteiger partial charge in [-0.15, -0.1) is 6.42 Å². The molecule has 1 aromatic rings. The summed E-state index contributed by atoms with van der Waals surface area (Å²) in [7, 11) is 0. The number of ether oxygens (including phenoxy) is 1. The molecule has 0 spiro atoms. The lowest BCUT2D eigenvalue weighted by Gasteiger charge is -2.19. The van der Waals surface area contributed by atoms with Gasteiger partial charge in [-0.25, -0.2) is 0 Å². The smallest absolute Gasteiger partial charge is 0.119 e. The van der Waals surface area contributed by atoms with Gasteiger partial charge in [0, 0.05) is 11.0 Å². The summed E-state index contributed by atoms with van der Waals surface area (Å²) in [5.74, 6) is 3.54. The van der Waals surface area contributed by atoms with E-state index in [2.05, 4.69) is 27.2 Å². The molecule has 0 fully saturated rings. The number of benzene rings is 1. The Morgan fingerprint density at radius 1 is 1.38 bits per heavy atom. The van der Waals surface area contributed by atoms with Gasteiger partial charge in [0.1, 0.15) is 12.4 Å². The van der Waals surface area contributed by atoms with Gasteiger partial charge in [-0.05, 0) is 38.1 Å². The minimum atomic E-state index is -0.275. The van der Waals surface area contributed by atoms with Gasteiger partial charge in [0.05, 0.1) is 5.54 Å². The highest BCUT2D eigenvalue weighted by Crippen LogP contribution is 2.15. The summed E-state index contributed by atoms with van der Waals surface area (Å²) in [5, 5.41) is 3.22. The second kappa shape index (κ2) is 5.93. The first-order valence-corrected chi connectivity index (χ1v) is 5.94. The van der Waals surface area contributed by atoms with E-state index in [1.807, 2.05) is 38.1 Å². The van der Waals surface area contributed by atoms with E-state index >= 15 is 0 Å². The molecule has 0 aliphatic rings. The molecule has 0 aliphatic carbocycles. The second-order valence-corrected chi connectivity index (χ2v) is 4.91. The number of halogens is 1. The van der Waals surface area contributed by atoms with Crippen LogP contribution in [0.2, 0.25) is 0 Å². The van der Waals surface area contributed by atoms with Crippen molar-refractivity contribution in [2.75, 3.05) is 13.2 Å². The Balaban J connectivity index is 2.27. The molecule has 1 N–H and O–H groups in total. The topological polar surface area (TPSA) is 21.3 Å². The van der Waals surface area contributed by atoms with E-state index < -0.39 is 0 Å². The Labute approximate surface area is 106 Å². The average Bonchev–Trinajstić information content (AvgIpc) is 2.27. The van der Waals surface area contributed by atoms with Crippen molar-refractivity contribution in [2.45, 2.75) is 19.4 Å². The van der Waals surface area contributed by atoms with Crippen molar-refractivity contribution in [3.05, 3.63) is 28.7 Å². The van der Waals surface area contributed by atoms with Gasteiger partial charge in [0.15, 0.2) is 0 Å². The van der Waals surface area contributed by atoms with Gasteiger partial charge in [-0.3, -0.25) is 5.32 Å². The van der Waals surface area contributed by atoms with Crippen LogP contribution in [-0.4, -0.2) is 18.7 Å². The molecular weight excluding hydrogens is 266 g/mol. The minimum absolute atomic E-state index is 0.275. The predicted octanol–water partition coefficient (Wildman–Crippen LogP) is 2.83. The summed E-state index contributed by atoms with van der Waals surface area (Å²) < 4.78 is 6.60. The van der Waals surface area contributed by atoms with E-state index in [1.165, 1.54) is 0 Å². The average molecular weight is 282 g/mol. The molecule has 2 nitrogen and oxygen atoms in total. The van der Waals surface area contributed by atoms with Crippen LogP contribution in [-0.2, 0) is 0 Å². The Hall–Kier alpha value is -0.980. The van der Waals surface area contributed by atoms with Gasteiger partial charge < -0.3 is 4.74 Å². The van der Waals surface area contributed by atoms with Crippen LogP contribution in [0, 0.1) is 12.3 Å². The molecular formula is C13H16BrNO. The summed E-state index contributed by atoms with van der Waals surface area (Å²) >= 11 is 3.37. The van der Waals surface area contributed by atoms with Gasteiger partial charge in [-0.1, -0.05) is 21.9 Å². The maximum Gasteiger partial charge on any atom is 0.119 e. The van der Waals surface area contributed by atoms with Gasteiger partial charge in [0.2, 0.25) is 0 Å². The standard InChI is InChI=1S/C13H16BrNO/c1-4-13(2,3)15-9-10-16-12-7-5-11(14)6-8-12/h1,5-8,15H,9-10H2,2-3H3. The summed E-state index contributed by atoms with van der Waals surface area (Å²) in [4.78, 5) is 0. The molecule has 86 valence electrons. The van der Waals surface area contributed by atoms with Crippen LogP contribution in [0.15, 0.2) is 28.7 Å². The van der Waals surface area contributed by atoms with Crippen LogP contribution in [0.4, 0.5) is 0 Å². The molecule has 0 saturated carbocycles. The van der Waals surface area contributed by atoms with Crippen molar-refractivity contribution >= 4 is 15.9 Å². The first kappa shape index (κ1) is 13.1. The van der Waals surface area contributed by atoms with Crippen molar-refractivity contribution in [3.8, 4) is 18.1 Å². The highest BCUT2D eigenvalue weighted by atomic mass is 79.9. The van der Waals surface area contributed by atoms with E-state index in [1.54, 1.807) is 0 Å². The van der Waals surface area contributed by atoms with Gasteiger partial charge in [-0.2, -0.15) is 0 Å². The normalized spacial score (nSPS) is 10.9. The zero-order chi connectivity index (χ0) is 12.0. The number of nitrogens with one attached hydrogen (secondary N) is 1. The fourth-order valence-electron chi connectivity index (χ4n) is 1.11. The molecule has 1 rings (SSSR count). The van der Waals surface area contributed by atoms with E-state index in [4.69, 9.17) is 11.2 Å². The fourth-order valence-corrected chi connectivity index (χ4v) is 1.38. The van der Waals surface area contributed by atoms with E-state index in [-0.39, 0.29) is 5.54 Å². The highest BCUT2D eigenvalue weighted by molar-refractivity contribution is 9.10. The summed E-state index contributed by atoms with van der Waals surface area (Å²) in [6.07, 6.45) is 5.36. The first-order valence-electron chi connectivity index (χ1n) is 5.15. The molecule has 0 saturated heterocycles. The number of rotatable bonds is 5. The van der Waals surface area contributed by atoms with Crippen molar-refractivity contribution < 1.29 is 4.74 Å². The van der Waals surface area contributed by atoms with Crippen LogP contribution in [0.5, 0.6) is 5.75 Å². The summed E-state index contributed by atoms with van der Waals surface area (Å²) in [5.41, 5.74) is -0.275. The minimum Gasteiger partial charge on any atom is -0.492 e. The lowest BCUT2D eigenvalue weighted by atomic mass is 10.1. The molecule has 0 amide bonds. The number of hydrogen-bond acceptors (Lipinski definition) is 2. The monoisotopic (exact) mass is 281 g/mol. The number of terminal acetylenes is 1. The largest absolute Gasteiger partial charge is 0.492 e.